The van der Waals surface area contributed by atoms with Crippen molar-refractivity contribution in [3.8, 4) is 5.88 Å². The Morgan fingerprint density at radius 3 is 2.80 bits per heavy atom. The Kier molecular flexibility index (Phi) is 11.2. The highest BCUT2D eigenvalue weighted by atomic mass is 127. The minimum atomic E-state index is 0. The third-order valence-corrected chi connectivity index (χ3v) is 5.71. The van der Waals surface area contributed by atoms with Gasteiger partial charge in [-0.1, -0.05) is 6.07 Å². The van der Waals surface area contributed by atoms with E-state index in [1.54, 1.807) is 13.3 Å². The van der Waals surface area contributed by atoms with Crippen molar-refractivity contribution in [2.75, 3.05) is 44.9 Å². The summed E-state index contributed by atoms with van der Waals surface area (Å²) < 4.78 is 10.8. The molecule has 0 aromatic carbocycles. The fraction of sp³-hybridized carbons (Fsp3) is 0.524. The molecule has 30 heavy (non-hydrogen) atoms. The van der Waals surface area contributed by atoms with Gasteiger partial charge in [0.15, 0.2) is 5.96 Å². The second-order valence-electron chi connectivity index (χ2n) is 6.86. The molecule has 1 aliphatic heterocycles. The number of anilines is 1. The molecule has 3 rings (SSSR count). The molecule has 0 amide bonds. The van der Waals surface area contributed by atoms with Gasteiger partial charge in [-0.2, -0.15) is 0 Å². The second-order valence-corrected chi connectivity index (χ2v) is 7.79. The molecule has 1 fully saturated rings. The largest absolute Gasteiger partial charge is 0.475 e. The molecule has 166 valence electrons. The van der Waals surface area contributed by atoms with Gasteiger partial charge in [0.25, 0.3) is 0 Å². The van der Waals surface area contributed by atoms with Crippen molar-refractivity contribution >= 4 is 46.3 Å². The molecular formula is C21H32IN5O2S. The Balaban J connectivity index is 0.00000320. The molecule has 0 aliphatic carbocycles. The predicted molar refractivity (Wildman–Crippen MR) is 135 cm³/mol. The van der Waals surface area contributed by atoms with Crippen molar-refractivity contribution in [2.45, 2.75) is 32.4 Å². The minimum absolute atomic E-state index is 0. The van der Waals surface area contributed by atoms with Gasteiger partial charge in [0.2, 0.25) is 5.88 Å². The molecule has 0 saturated carbocycles. The number of ether oxygens (including phenoxy) is 2. The number of aliphatic imine (C=N–C) groups is 1. The van der Waals surface area contributed by atoms with E-state index in [1.165, 1.54) is 5.00 Å². The molecule has 0 spiro atoms. The predicted octanol–water partition coefficient (Wildman–Crippen LogP) is 3.51. The van der Waals surface area contributed by atoms with Crippen LogP contribution in [0, 0.1) is 0 Å². The van der Waals surface area contributed by atoms with Crippen LogP contribution in [-0.4, -0.2) is 56.9 Å². The molecule has 3 heterocycles. The van der Waals surface area contributed by atoms with E-state index in [2.05, 4.69) is 45.0 Å². The minimum Gasteiger partial charge on any atom is -0.475 e. The number of pyridine rings is 1. The van der Waals surface area contributed by atoms with E-state index in [0.717, 1.165) is 44.0 Å². The Hall–Kier alpha value is -1.59. The number of guanidine groups is 1. The van der Waals surface area contributed by atoms with Crippen LogP contribution < -0.4 is 20.3 Å². The Morgan fingerprint density at radius 1 is 1.27 bits per heavy atom. The highest BCUT2D eigenvalue weighted by molar-refractivity contribution is 14.0. The van der Waals surface area contributed by atoms with E-state index < -0.39 is 0 Å². The first-order chi connectivity index (χ1) is 14.3. The van der Waals surface area contributed by atoms with Crippen LogP contribution in [0.15, 0.2) is 40.8 Å². The number of halogens is 1. The number of hydrogen-bond donors (Lipinski definition) is 2. The van der Waals surface area contributed by atoms with Crippen molar-refractivity contribution < 1.29 is 9.47 Å². The number of rotatable bonds is 9. The Labute approximate surface area is 200 Å². The SMILES string of the molecule is CCNC(=NCc1cccnc1OCCOC)NC1CCN(c2cccs2)CC1.I. The lowest BCUT2D eigenvalue weighted by Gasteiger charge is -2.33. The number of aromatic nitrogens is 1. The van der Waals surface area contributed by atoms with Gasteiger partial charge in [-0.3, -0.25) is 0 Å². The van der Waals surface area contributed by atoms with Crippen LogP contribution in [0.25, 0.3) is 0 Å². The van der Waals surface area contributed by atoms with Crippen molar-refractivity contribution in [3.05, 3.63) is 41.4 Å². The van der Waals surface area contributed by atoms with Crippen LogP contribution in [0.3, 0.4) is 0 Å². The second kappa shape index (κ2) is 13.7. The number of piperidine rings is 1. The van der Waals surface area contributed by atoms with Crippen LogP contribution in [-0.2, 0) is 11.3 Å². The maximum atomic E-state index is 5.72. The number of hydrogen-bond acceptors (Lipinski definition) is 6. The van der Waals surface area contributed by atoms with E-state index in [1.807, 2.05) is 23.5 Å². The van der Waals surface area contributed by atoms with E-state index in [-0.39, 0.29) is 24.0 Å². The summed E-state index contributed by atoms with van der Waals surface area (Å²) >= 11 is 1.81. The zero-order valence-corrected chi connectivity index (χ0v) is 20.8. The molecule has 9 heteroatoms. The molecule has 1 aliphatic rings. The van der Waals surface area contributed by atoms with Gasteiger partial charge >= 0.3 is 0 Å². The zero-order chi connectivity index (χ0) is 20.3. The Morgan fingerprint density at radius 2 is 2.10 bits per heavy atom. The van der Waals surface area contributed by atoms with Crippen LogP contribution in [0.4, 0.5) is 5.00 Å². The number of methoxy groups -OCH3 is 1. The van der Waals surface area contributed by atoms with E-state index >= 15 is 0 Å². The third-order valence-electron chi connectivity index (χ3n) is 4.78. The molecule has 0 radical (unpaired) electrons. The quantitative estimate of drug-likeness (QED) is 0.218. The molecule has 7 nitrogen and oxygen atoms in total. The average molecular weight is 545 g/mol. The maximum Gasteiger partial charge on any atom is 0.218 e. The maximum absolute atomic E-state index is 5.72. The lowest BCUT2D eigenvalue weighted by Crippen LogP contribution is -2.48. The zero-order valence-electron chi connectivity index (χ0n) is 17.7. The van der Waals surface area contributed by atoms with Gasteiger partial charge in [0.05, 0.1) is 18.2 Å². The summed E-state index contributed by atoms with van der Waals surface area (Å²) in [6.45, 7) is 6.57. The molecule has 1 saturated heterocycles. The Bertz CT molecular complexity index is 752. The summed E-state index contributed by atoms with van der Waals surface area (Å²) in [5, 5.41) is 10.5. The summed E-state index contributed by atoms with van der Waals surface area (Å²) in [6.07, 6.45) is 3.93. The normalized spacial score (nSPS) is 14.9. The lowest BCUT2D eigenvalue weighted by molar-refractivity contribution is 0.143. The molecule has 2 aromatic rings. The van der Waals surface area contributed by atoms with E-state index in [4.69, 9.17) is 14.5 Å². The van der Waals surface area contributed by atoms with Crippen LogP contribution in [0.1, 0.15) is 25.3 Å². The number of thiophene rings is 1. The third kappa shape index (κ3) is 7.59. The fourth-order valence-electron chi connectivity index (χ4n) is 3.27. The number of nitrogens with zero attached hydrogens (tertiary/aromatic N) is 3. The van der Waals surface area contributed by atoms with Gasteiger partial charge < -0.3 is 25.0 Å². The van der Waals surface area contributed by atoms with Gasteiger partial charge in [-0.25, -0.2) is 9.98 Å². The van der Waals surface area contributed by atoms with Crippen molar-refractivity contribution in [3.63, 3.8) is 0 Å². The highest BCUT2D eigenvalue weighted by Gasteiger charge is 2.20. The monoisotopic (exact) mass is 545 g/mol. The van der Waals surface area contributed by atoms with Crippen LogP contribution in [0.2, 0.25) is 0 Å². The smallest absolute Gasteiger partial charge is 0.218 e. The molecule has 2 aromatic heterocycles. The van der Waals surface area contributed by atoms with Crippen molar-refractivity contribution in [2.24, 2.45) is 4.99 Å². The van der Waals surface area contributed by atoms with Gasteiger partial charge in [0.1, 0.15) is 6.61 Å². The first-order valence-electron chi connectivity index (χ1n) is 10.2. The van der Waals surface area contributed by atoms with E-state index in [0.29, 0.717) is 31.7 Å². The van der Waals surface area contributed by atoms with Gasteiger partial charge in [-0.05, 0) is 43.3 Å². The van der Waals surface area contributed by atoms with E-state index in [9.17, 15) is 0 Å². The fourth-order valence-corrected chi connectivity index (χ4v) is 4.05. The summed E-state index contributed by atoms with van der Waals surface area (Å²) in [5.74, 6) is 1.46. The van der Waals surface area contributed by atoms with Crippen molar-refractivity contribution in [1.29, 1.82) is 0 Å². The first kappa shape index (κ1) is 24.7. The lowest BCUT2D eigenvalue weighted by atomic mass is 10.1. The molecule has 0 atom stereocenters. The van der Waals surface area contributed by atoms with Crippen LogP contribution >= 0.6 is 35.3 Å². The topological polar surface area (TPSA) is 71.0 Å². The summed E-state index contributed by atoms with van der Waals surface area (Å²) in [5.41, 5.74) is 0.966. The first-order valence-corrected chi connectivity index (χ1v) is 11.1. The van der Waals surface area contributed by atoms with Crippen LogP contribution in [0.5, 0.6) is 5.88 Å². The van der Waals surface area contributed by atoms with Crippen molar-refractivity contribution in [1.82, 2.24) is 15.6 Å². The highest BCUT2D eigenvalue weighted by Crippen LogP contribution is 2.24. The average Bonchev–Trinajstić information content (AvgIpc) is 3.29. The summed E-state index contributed by atoms with van der Waals surface area (Å²) in [4.78, 5) is 11.6. The van der Waals surface area contributed by atoms with Gasteiger partial charge in [-0.15, -0.1) is 35.3 Å². The number of nitrogens with one attached hydrogen (secondary N) is 2. The van der Waals surface area contributed by atoms with Gasteiger partial charge in [0, 0.05) is 44.5 Å². The summed E-state index contributed by atoms with van der Waals surface area (Å²) in [6, 6.07) is 8.65. The molecule has 0 unspecified atom stereocenters. The molecular weight excluding hydrogens is 513 g/mol. The molecule has 0 bridgehead atoms. The summed E-state index contributed by atoms with van der Waals surface area (Å²) in [7, 11) is 1.66. The molecule has 2 N–H and O–H groups in total. The standard InChI is InChI=1S/C21H31N5O2S.HI/c1-3-22-21(24-16-17-6-4-10-23-20(17)28-14-13-27-2)25-18-8-11-26(12-9-18)19-7-5-15-29-19;/h4-7,10,15,18H,3,8-9,11-14,16H2,1-2H3,(H2,22,24,25);1H.